The average Bonchev–Trinajstić information content (AvgIpc) is 3.10. The van der Waals surface area contributed by atoms with Crippen LogP contribution in [0, 0.1) is 6.20 Å². The van der Waals surface area contributed by atoms with Gasteiger partial charge in [-0.05, 0) is 29.1 Å². The van der Waals surface area contributed by atoms with Gasteiger partial charge < -0.3 is 0 Å². The third-order valence-electron chi connectivity index (χ3n) is 4.70. The first-order chi connectivity index (χ1) is 12.9. The van der Waals surface area contributed by atoms with Crippen LogP contribution in [-0.2, 0) is 6.54 Å². The van der Waals surface area contributed by atoms with E-state index in [-0.39, 0.29) is 0 Å². The van der Waals surface area contributed by atoms with E-state index < -0.39 is 0 Å². The molecule has 5 rings (SSSR count). The smallest absolute Gasteiger partial charge is 0.0900 e. The van der Waals surface area contributed by atoms with Crippen molar-refractivity contribution < 1.29 is 0 Å². The second-order valence-corrected chi connectivity index (χ2v) is 6.38. The molecule has 0 fully saturated rings. The number of fused-ring (bicyclic) bond motifs is 2. The molecule has 2 aromatic heterocycles. The lowest BCUT2D eigenvalue weighted by molar-refractivity contribution is 0.712. The quantitative estimate of drug-likeness (QED) is 0.459. The number of pyridine rings is 1. The van der Waals surface area contributed by atoms with Gasteiger partial charge in [0.25, 0.3) is 0 Å². The summed E-state index contributed by atoms with van der Waals surface area (Å²) in [6, 6.07) is 27.0. The van der Waals surface area contributed by atoms with E-state index in [0.717, 1.165) is 39.5 Å². The van der Waals surface area contributed by atoms with Crippen molar-refractivity contribution in [3.8, 4) is 11.3 Å². The van der Waals surface area contributed by atoms with E-state index >= 15 is 0 Å². The molecule has 3 nitrogen and oxygen atoms in total. The lowest BCUT2D eigenvalue weighted by Crippen LogP contribution is -2.00. The number of rotatable bonds is 3. The Labute approximate surface area is 151 Å². The summed E-state index contributed by atoms with van der Waals surface area (Å²) in [5.74, 6) is 0. The Morgan fingerprint density at radius 1 is 0.846 bits per heavy atom. The first-order valence-corrected chi connectivity index (χ1v) is 8.64. The van der Waals surface area contributed by atoms with Crippen molar-refractivity contribution in [3.05, 3.63) is 96.8 Å². The van der Waals surface area contributed by atoms with Gasteiger partial charge in [-0.15, -0.1) is 0 Å². The number of hydrogen-bond donors (Lipinski definition) is 0. The van der Waals surface area contributed by atoms with Gasteiger partial charge in [0.2, 0.25) is 0 Å². The molecular formula is C23H16N3. The molecule has 2 heterocycles. The summed E-state index contributed by atoms with van der Waals surface area (Å²) in [7, 11) is 0. The number of benzene rings is 3. The van der Waals surface area contributed by atoms with Crippen LogP contribution in [0.4, 0.5) is 0 Å². The molecule has 0 unspecified atom stereocenters. The Bertz CT molecular complexity index is 1200. The Morgan fingerprint density at radius 3 is 2.62 bits per heavy atom. The predicted octanol–water partition coefficient (Wildman–Crippen LogP) is 5.10. The summed E-state index contributed by atoms with van der Waals surface area (Å²) in [5, 5.41) is 7.99. The molecular weight excluding hydrogens is 318 g/mol. The normalized spacial score (nSPS) is 11.2. The number of nitrogens with zero attached hydrogens (tertiary/aromatic N) is 3. The van der Waals surface area contributed by atoms with Crippen molar-refractivity contribution in [3.63, 3.8) is 0 Å². The lowest BCUT2D eigenvalue weighted by atomic mass is 10.0. The molecule has 0 spiro atoms. The maximum absolute atomic E-state index is 4.58. The molecule has 26 heavy (non-hydrogen) atoms. The van der Waals surface area contributed by atoms with Gasteiger partial charge in [-0.25, -0.2) is 4.98 Å². The summed E-state index contributed by atoms with van der Waals surface area (Å²) < 4.78 is 2.04. The Hall–Kier alpha value is -3.46. The fourth-order valence-corrected chi connectivity index (χ4v) is 3.40. The van der Waals surface area contributed by atoms with Crippen LogP contribution in [0.15, 0.2) is 85.1 Å². The molecule has 3 aromatic carbocycles. The third kappa shape index (κ3) is 2.54. The fraction of sp³-hybridized carbons (Fsp3) is 0.0435. The van der Waals surface area contributed by atoms with Crippen LogP contribution in [0.2, 0.25) is 0 Å². The van der Waals surface area contributed by atoms with Crippen molar-refractivity contribution in [2.24, 2.45) is 0 Å². The molecule has 1 radical (unpaired) electrons. The van der Waals surface area contributed by atoms with Gasteiger partial charge >= 0.3 is 0 Å². The Kier molecular flexibility index (Phi) is 3.49. The van der Waals surface area contributed by atoms with Gasteiger partial charge in [0.1, 0.15) is 0 Å². The molecule has 0 saturated heterocycles. The van der Waals surface area contributed by atoms with Crippen molar-refractivity contribution in [1.29, 1.82) is 0 Å². The minimum absolute atomic E-state index is 0.768. The van der Waals surface area contributed by atoms with Crippen molar-refractivity contribution in [2.75, 3.05) is 0 Å². The fourth-order valence-electron chi connectivity index (χ4n) is 3.40. The zero-order valence-corrected chi connectivity index (χ0v) is 14.1. The van der Waals surface area contributed by atoms with E-state index in [2.05, 4.69) is 70.9 Å². The van der Waals surface area contributed by atoms with E-state index in [4.69, 9.17) is 0 Å². The van der Waals surface area contributed by atoms with Crippen molar-refractivity contribution in [1.82, 2.24) is 14.8 Å². The van der Waals surface area contributed by atoms with Crippen LogP contribution in [0.1, 0.15) is 5.56 Å². The molecule has 0 N–H and O–H groups in total. The zero-order valence-electron chi connectivity index (χ0n) is 14.1. The highest BCUT2D eigenvalue weighted by molar-refractivity contribution is 5.96. The molecule has 0 aliphatic rings. The van der Waals surface area contributed by atoms with Gasteiger partial charge in [0.05, 0.1) is 30.1 Å². The maximum atomic E-state index is 4.58. The zero-order chi connectivity index (χ0) is 17.3. The topological polar surface area (TPSA) is 30.7 Å². The van der Waals surface area contributed by atoms with Gasteiger partial charge in [-0.1, -0.05) is 60.7 Å². The van der Waals surface area contributed by atoms with E-state index in [1.165, 1.54) is 5.56 Å². The lowest BCUT2D eigenvalue weighted by Gasteiger charge is -2.07. The number of aromatic nitrogens is 3. The summed E-state index contributed by atoms with van der Waals surface area (Å²) in [6.07, 6.45) is 4.94. The third-order valence-corrected chi connectivity index (χ3v) is 4.70. The van der Waals surface area contributed by atoms with Crippen LogP contribution in [0.3, 0.4) is 0 Å². The first-order valence-electron chi connectivity index (χ1n) is 8.64. The van der Waals surface area contributed by atoms with E-state index in [1.54, 1.807) is 0 Å². The van der Waals surface area contributed by atoms with Crippen molar-refractivity contribution >= 4 is 21.7 Å². The van der Waals surface area contributed by atoms with E-state index in [0.29, 0.717) is 0 Å². The second kappa shape index (κ2) is 6.12. The molecule has 0 amide bonds. The van der Waals surface area contributed by atoms with Crippen molar-refractivity contribution in [2.45, 2.75) is 6.54 Å². The molecule has 0 aliphatic carbocycles. The van der Waals surface area contributed by atoms with E-state index in [9.17, 15) is 0 Å². The molecule has 0 atom stereocenters. The van der Waals surface area contributed by atoms with E-state index in [1.807, 2.05) is 35.1 Å². The maximum Gasteiger partial charge on any atom is 0.0900 e. The largest absolute Gasteiger partial charge is 0.260 e. The summed E-state index contributed by atoms with van der Waals surface area (Å²) in [4.78, 5) is 4.51. The minimum Gasteiger partial charge on any atom is -0.260 e. The number of hydrogen-bond acceptors (Lipinski definition) is 2. The second-order valence-electron chi connectivity index (χ2n) is 6.38. The van der Waals surface area contributed by atoms with Crippen LogP contribution >= 0.6 is 0 Å². The van der Waals surface area contributed by atoms with Gasteiger partial charge in [-0.3, -0.25) is 4.68 Å². The molecule has 5 aromatic rings. The first kappa shape index (κ1) is 14.8. The Morgan fingerprint density at radius 2 is 1.69 bits per heavy atom. The molecule has 123 valence electrons. The molecule has 3 heteroatoms. The van der Waals surface area contributed by atoms with Gasteiger partial charge in [-0.2, -0.15) is 5.10 Å². The molecule has 0 aliphatic heterocycles. The highest BCUT2D eigenvalue weighted by Crippen LogP contribution is 2.28. The molecule has 0 bridgehead atoms. The van der Waals surface area contributed by atoms with Crippen LogP contribution in [0.5, 0.6) is 0 Å². The summed E-state index contributed by atoms with van der Waals surface area (Å²) in [6.45, 7) is 0.768. The highest BCUT2D eigenvalue weighted by atomic mass is 15.3. The van der Waals surface area contributed by atoms with Crippen LogP contribution < -0.4 is 0 Å². The molecule has 0 saturated carbocycles. The standard InChI is InChI=1S/C23H16N3/c1-2-6-17(7-3-1)16-26-22-11-10-19(14-20(22)15-25-26)23-21-9-5-4-8-18(21)12-13-24-23/h1-12,14-15H,16H2. The van der Waals surface area contributed by atoms with Crippen LogP contribution in [0.25, 0.3) is 32.9 Å². The van der Waals surface area contributed by atoms with Crippen LogP contribution in [-0.4, -0.2) is 14.8 Å². The van der Waals surface area contributed by atoms with Gasteiger partial charge in [0.15, 0.2) is 0 Å². The summed E-state index contributed by atoms with van der Waals surface area (Å²) in [5.41, 5.74) is 4.42. The predicted molar refractivity (Wildman–Crippen MR) is 105 cm³/mol. The highest BCUT2D eigenvalue weighted by Gasteiger charge is 2.09. The summed E-state index contributed by atoms with van der Waals surface area (Å²) >= 11 is 0. The minimum atomic E-state index is 0.768. The monoisotopic (exact) mass is 334 g/mol. The average molecular weight is 334 g/mol. The van der Waals surface area contributed by atoms with Gasteiger partial charge in [0, 0.05) is 16.3 Å². The SMILES string of the molecule is [c]1cc2ccccc2c(-c2ccc3c(cnn3Cc3ccccc3)c2)n1. The Balaban J connectivity index is 1.59.